The van der Waals surface area contributed by atoms with Crippen LogP contribution in [0.4, 0.5) is 0 Å². The molecule has 0 aliphatic rings. The summed E-state index contributed by atoms with van der Waals surface area (Å²) in [6.07, 6.45) is 2.86. The first-order valence-corrected chi connectivity index (χ1v) is 8.46. The fourth-order valence-electron chi connectivity index (χ4n) is 2.80. The highest BCUT2D eigenvalue weighted by Crippen LogP contribution is 2.18. The summed E-state index contributed by atoms with van der Waals surface area (Å²) < 4.78 is 6.32. The third-order valence-electron chi connectivity index (χ3n) is 4.49. The van der Waals surface area contributed by atoms with Crippen molar-refractivity contribution in [3.05, 3.63) is 56.6 Å². The van der Waals surface area contributed by atoms with Gasteiger partial charge in [-0.25, -0.2) is 9.78 Å². The minimum absolute atomic E-state index is 0.242. The molecule has 0 saturated carbocycles. The van der Waals surface area contributed by atoms with E-state index in [4.69, 9.17) is 4.74 Å². The van der Waals surface area contributed by atoms with Crippen molar-refractivity contribution in [3.8, 4) is 5.75 Å². The third-order valence-corrected chi connectivity index (χ3v) is 4.49. The summed E-state index contributed by atoms with van der Waals surface area (Å²) in [5, 5.41) is 0. The van der Waals surface area contributed by atoms with Gasteiger partial charge in [-0.1, -0.05) is 0 Å². The molecule has 1 aromatic carbocycles. The highest BCUT2D eigenvalue weighted by atomic mass is 16.5. The number of hydrogen-bond acceptors (Lipinski definition) is 5. The molecule has 0 unspecified atom stereocenters. The highest BCUT2D eigenvalue weighted by Gasteiger charge is 2.08. The number of methoxy groups -OCH3 is 1. The second-order valence-corrected chi connectivity index (χ2v) is 6.35. The van der Waals surface area contributed by atoms with Crippen LogP contribution in [0.1, 0.15) is 11.4 Å². The fraction of sp³-hybridized carbons (Fsp3) is 0.389. The van der Waals surface area contributed by atoms with Gasteiger partial charge in [-0.2, -0.15) is 0 Å². The van der Waals surface area contributed by atoms with Gasteiger partial charge in [0, 0.05) is 44.4 Å². The van der Waals surface area contributed by atoms with E-state index in [-0.39, 0.29) is 5.56 Å². The number of benzene rings is 1. The van der Waals surface area contributed by atoms with Gasteiger partial charge >= 0.3 is 5.69 Å². The lowest BCUT2D eigenvalue weighted by Gasteiger charge is -2.15. The van der Waals surface area contributed by atoms with Crippen LogP contribution in [0.25, 0.3) is 11.0 Å². The first-order chi connectivity index (χ1) is 12.5. The lowest BCUT2D eigenvalue weighted by Crippen LogP contribution is -2.35. The van der Waals surface area contributed by atoms with Crippen LogP contribution >= 0.6 is 0 Å². The molecule has 0 saturated heterocycles. The van der Waals surface area contributed by atoms with Crippen LogP contribution in [0.2, 0.25) is 0 Å². The molecular formula is C18H23N5O3. The Morgan fingerprint density at radius 3 is 2.77 bits per heavy atom. The first kappa shape index (κ1) is 17.9. The maximum Gasteiger partial charge on any atom is 0.328 e. The van der Waals surface area contributed by atoms with Crippen molar-refractivity contribution in [1.29, 1.82) is 0 Å². The standard InChI is InChI=1S/C18H23N5O3/c1-22(8-6-12-11-19-18(25)23(2)17(12)24)9-7-16-20-14-5-4-13(26-3)10-15(14)21-16/h4-5,10-11H,6-9H2,1-3H3,(H,19,25)(H,20,21). The molecule has 8 nitrogen and oxygen atoms in total. The average molecular weight is 357 g/mol. The van der Waals surface area contributed by atoms with Crippen molar-refractivity contribution < 1.29 is 4.74 Å². The molecule has 0 aliphatic carbocycles. The van der Waals surface area contributed by atoms with Crippen molar-refractivity contribution in [2.75, 3.05) is 27.2 Å². The highest BCUT2D eigenvalue weighted by molar-refractivity contribution is 5.76. The molecule has 0 spiro atoms. The Labute approximate surface area is 150 Å². The van der Waals surface area contributed by atoms with Gasteiger partial charge in [0.2, 0.25) is 0 Å². The number of aromatic amines is 2. The van der Waals surface area contributed by atoms with E-state index in [0.29, 0.717) is 12.0 Å². The number of rotatable bonds is 7. The minimum atomic E-state index is -0.395. The first-order valence-electron chi connectivity index (χ1n) is 8.46. The Kier molecular flexibility index (Phi) is 5.22. The number of ether oxygens (including phenoxy) is 1. The largest absolute Gasteiger partial charge is 0.497 e. The molecule has 2 heterocycles. The summed E-state index contributed by atoms with van der Waals surface area (Å²) in [4.78, 5) is 36.0. The van der Waals surface area contributed by atoms with E-state index in [1.54, 1.807) is 7.11 Å². The van der Waals surface area contributed by atoms with Crippen molar-refractivity contribution >= 4 is 11.0 Å². The van der Waals surface area contributed by atoms with E-state index >= 15 is 0 Å². The van der Waals surface area contributed by atoms with Gasteiger partial charge in [0.1, 0.15) is 11.6 Å². The zero-order chi connectivity index (χ0) is 18.7. The predicted molar refractivity (Wildman–Crippen MR) is 99.9 cm³/mol. The van der Waals surface area contributed by atoms with Crippen LogP contribution in [0, 0.1) is 0 Å². The summed E-state index contributed by atoms with van der Waals surface area (Å²) in [6, 6.07) is 5.76. The number of nitrogens with one attached hydrogen (secondary N) is 2. The summed E-state index contributed by atoms with van der Waals surface area (Å²) in [7, 11) is 5.12. The number of hydrogen-bond donors (Lipinski definition) is 2. The van der Waals surface area contributed by atoms with E-state index in [2.05, 4.69) is 19.9 Å². The Balaban J connectivity index is 1.57. The van der Waals surface area contributed by atoms with Crippen LogP contribution in [0.3, 0.4) is 0 Å². The summed E-state index contributed by atoms with van der Waals surface area (Å²) in [6.45, 7) is 1.52. The summed E-state index contributed by atoms with van der Waals surface area (Å²) in [5.41, 5.74) is 1.84. The average Bonchev–Trinajstić information content (AvgIpc) is 3.05. The number of imidazole rings is 1. The van der Waals surface area contributed by atoms with Crippen molar-refractivity contribution in [2.24, 2.45) is 7.05 Å². The molecule has 0 bridgehead atoms. The van der Waals surface area contributed by atoms with Gasteiger partial charge in [0.05, 0.1) is 18.1 Å². The Morgan fingerprint density at radius 1 is 1.23 bits per heavy atom. The fourth-order valence-corrected chi connectivity index (χ4v) is 2.80. The van der Waals surface area contributed by atoms with Crippen molar-refractivity contribution in [3.63, 3.8) is 0 Å². The van der Waals surface area contributed by atoms with Crippen LogP contribution < -0.4 is 16.0 Å². The van der Waals surface area contributed by atoms with E-state index < -0.39 is 5.69 Å². The SMILES string of the molecule is COc1ccc2nc(CCN(C)CCc3c[nH]c(=O)n(C)c3=O)[nH]c2c1. The van der Waals surface area contributed by atoms with E-state index in [1.165, 1.54) is 13.2 Å². The number of fused-ring (bicyclic) bond motifs is 1. The zero-order valence-electron chi connectivity index (χ0n) is 15.2. The number of H-pyrrole nitrogens is 2. The van der Waals surface area contributed by atoms with Crippen molar-refractivity contribution in [2.45, 2.75) is 12.8 Å². The molecule has 2 N–H and O–H groups in total. The molecule has 0 fully saturated rings. The summed E-state index contributed by atoms with van der Waals surface area (Å²) >= 11 is 0. The molecule has 0 radical (unpaired) electrons. The maximum absolute atomic E-state index is 12.0. The molecule has 26 heavy (non-hydrogen) atoms. The zero-order valence-corrected chi connectivity index (χ0v) is 15.2. The predicted octanol–water partition coefficient (Wildman–Crippen LogP) is 0.675. The number of aromatic nitrogens is 4. The second-order valence-electron chi connectivity index (χ2n) is 6.35. The van der Waals surface area contributed by atoms with E-state index in [1.807, 2.05) is 25.2 Å². The monoisotopic (exact) mass is 357 g/mol. The van der Waals surface area contributed by atoms with E-state index in [0.717, 1.165) is 46.7 Å². The second kappa shape index (κ2) is 7.57. The van der Waals surface area contributed by atoms with Gasteiger partial charge in [0.15, 0.2) is 0 Å². The smallest absolute Gasteiger partial charge is 0.328 e. The van der Waals surface area contributed by atoms with Gasteiger partial charge in [-0.05, 0) is 25.6 Å². The Morgan fingerprint density at radius 2 is 2.00 bits per heavy atom. The molecular weight excluding hydrogens is 334 g/mol. The lowest BCUT2D eigenvalue weighted by molar-refractivity contribution is 0.340. The summed E-state index contributed by atoms with van der Waals surface area (Å²) in [5.74, 6) is 1.72. The van der Waals surface area contributed by atoms with Gasteiger partial charge in [-0.3, -0.25) is 9.36 Å². The molecule has 0 amide bonds. The van der Waals surface area contributed by atoms with Gasteiger partial charge < -0.3 is 19.6 Å². The lowest BCUT2D eigenvalue weighted by atomic mass is 10.2. The van der Waals surface area contributed by atoms with Crippen molar-refractivity contribution in [1.82, 2.24) is 24.4 Å². The van der Waals surface area contributed by atoms with Gasteiger partial charge in [0.25, 0.3) is 5.56 Å². The third kappa shape index (κ3) is 3.85. The maximum atomic E-state index is 12.0. The molecule has 2 aromatic heterocycles. The molecule has 138 valence electrons. The van der Waals surface area contributed by atoms with Crippen LogP contribution in [0.15, 0.2) is 34.0 Å². The van der Waals surface area contributed by atoms with Crippen LogP contribution in [-0.2, 0) is 19.9 Å². The molecule has 8 heteroatoms. The van der Waals surface area contributed by atoms with Crippen LogP contribution in [0.5, 0.6) is 5.75 Å². The minimum Gasteiger partial charge on any atom is -0.497 e. The molecule has 0 atom stereocenters. The van der Waals surface area contributed by atoms with Crippen LogP contribution in [-0.4, -0.2) is 51.7 Å². The number of likely N-dealkylation sites (N-methyl/N-ethyl adjacent to an activating group) is 1. The van der Waals surface area contributed by atoms with E-state index in [9.17, 15) is 9.59 Å². The molecule has 3 aromatic rings. The molecule has 3 rings (SSSR count). The Bertz CT molecular complexity index is 1020. The quantitative estimate of drug-likeness (QED) is 0.648. The number of nitrogens with zero attached hydrogens (tertiary/aromatic N) is 3. The van der Waals surface area contributed by atoms with Gasteiger partial charge in [-0.15, -0.1) is 0 Å². The molecule has 0 aliphatic heterocycles. The Hall–Kier alpha value is -2.87. The normalized spacial score (nSPS) is 11.4. The topological polar surface area (TPSA) is 96.0 Å².